The van der Waals surface area contributed by atoms with Crippen molar-refractivity contribution >= 4 is 24.3 Å². The molecule has 0 amide bonds. The van der Waals surface area contributed by atoms with Crippen LogP contribution in [0.3, 0.4) is 0 Å². The third-order valence-electron chi connectivity index (χ3n) is 7.63. The summed E-state index contributed by atoms with van der Waals surface area (Å²) in [7, 11) is 0. The van der Waals surface area contributed by atoms with Gasteiger partial charge in [0.1, 0.15) is 6.61 Å². The molecule has 0 aliphatic carbocycles. The van der Waals surface area contributed by atoms with Crippen LogP contribution in [0.1, 0.15) is 63.3 Å². The molecule has 4 aromatic rings. The molecule has 7 heteroatoms. The van der Waals surface area contributed by atoms with Gasteiger partial charge in [-0.15, -0.1) is 12.6 Å². The van der Waals surface area contributed by atoms with E-state index >= 15 is 0 Å². The lowest BCUT2D eigenvalue weighted by Crippen LogP contribution is -2.43. The van der Waals surface area contributed by atoms with Crippen LogP contribution in [0, 0.1) is 19.3 Å². The summed E-state index contributed by atoms with van der Waals surface area (Å²) in [6.45, 7) is 15.7. The van der Waals surface area contributed by atoms with Crippen LogP contribution in [-0.2, 0) is 12.0 Å². The molecule has 6 nitrogen and oxygen atoms in total. The molecule has 1 atom stereocenters. The van der Waals surface area contributed by atoms with Crippen molar-refractivity contribution in [1.29, 1.82) is 0 Å². The topological polar surface area (TPSA) is 84.5 Å². The Bertz CT molecular complexity index is 1500. The summed E-state index contributed by atoms with van der Waals surface area (Å²) < 4.78 is 6.46. The Balaban J connectivity index is 1.63. The van der Waals surface area contributed by atoms with Crippen LogP contribution in [0.4, 0.5) is 11.6 Å². The zero-order chi connectivity index (χ0) is 31.4. The monoisotopic (exact) mass is 598 g/mol. The number of aryl methyl sites for hydroxylation is 2. The van der Waals surface area contributed by atoms with Crippen molar-refractivity contribution in [3.8, 4) is 17.1 Å². The van der Waals surface area contributed by atoms with Crippen molar-refractivity contribution in [2.45, 2.75) is 77.8 Å². The van der Waals surface area contributed by atoms with E-state index in [-0.39, 0.29) is 17.4 Å². The van der Waals surface area contributed by atoms with Gasteiger partial charge in [0, 0.05) is 28.8 Å². The Labute approximate surface area is 262 Å². The molecule has 0 aliphatic heterocycles. The Hall–Kier alpha value is -3.55. The molecule has 0 bridgehead atoms. The number of anilines is 2. The molecule has 0 radical (unpaired) electrons. The highest BCUT2D eigenvalue weighted by Crippen LogP contribution is 2.31. The Morgan fingerprint density at radius 2 is 1.56 bits per heavy atom. The summed E-state index contributed by atoms with van der Waals surface area (Å²) >= 11 is 4.65. The van der Waals surface area contributed by atoms with E-state index < -0.39 is 5.60 Å². The number of aliphatic hydroxyl groups is 1. The number of thiol groups is 1. The van der Waals surface area contributed by atoms with E-state index in [1.54, 1.807) is 0 Å². The van der Waals surface area contributed by atoms with E-state index in [2.05, 4.69) is 98.5 Å². The van der Waals surface area contributed by atoms with Crippen LogP contribution < -0.4 is 15.4 Å². The third kappa shape index (κ3) is 8.97. The van der Waals surface area contributed by atoms with Gasteiger partial charge < -0.3 is 20.5 Å². The zero-order valence-electron chi connectivity index (χ0n) is 26.6. The van der Waals surface area contributed by atoms with E-state index in [1.807, 2.05) is 50.2 Å². The van der Waals surface area contributed by atoms with Crippen LogP contribution in [0.25, 0.3) is 11.3 Å². The fraction of sp³-hybridized carbons (Fsp3) is 0.389. The largest absolute Gasteiger partial charge is 0.475 e. The first-order valence-corrected chi connectivity index (χ1v) is 15.4. The number of ether oxygens (including phenoxy) is 1. The first-order valence-electron chi connectivity index (χ1n) is 14.9. The minimum absolute atomic E-state index is 0.0469. The van der Waals surface area contributed by atoms with Gasteiger partial charge >= 0.3 is 0 Å². The van der Waals surface area contributed by atoms with Gasteiger partial charge in [-0.05, 0) is 86.4 Å². The summed E-state index contributed by atoms with van der Waals surface area (Å²) in [4.78, 5) is 12.3. The molecule has 0 saturated carbocycles. The number of hydrogen-bond acceptors (Lipinski definition) is 7. The lowest BCUT2D eigenvalue weighted by Gasteiger charge is -2.37. The van der Waals surface area contributed by atoms with Gasteiger partial charge in [-0.25, -0.2) is 4.98 Å². The molecule has 0 fully saturated rings. The van der Waals surface area contributed by atoms with Crippen LogP contribution >= 0.6 is 12.6 Å². The molecule has 43 heavy (non-hydrogen) atoms. The standard InChI is InChI=1S/C36H46N4O2S/c1-24-10-8-11-25(2)33(24)31-21-32(39-34(37)38-31)42-23-29(22-35(3,4)5)40(28-12-9-13-30(43)20-28)19-18-26-14-16-27(17-15-26)36(6,7)41/h8-17,20-21,29,41,43H,18-19,22-23H2,1-7H3,(H2,37,38,39). The fourth-order valence-corrected chi connectivity index (χ4v) is 5.75. The fourth-order valence-electron chi connectivity index (χ4n) is 5.53. The van der Waals surface area contributed by atoms with E-state index in [0.717, 1.165) is 57.9 Å². The van der Waals surface area contributed by atoms with Crippen LogP contribution in [0.15, 0.2) is 77.7 Å². The van der Waals surface area contributed by atoms with Crippen molar-refractivity contribution in [2.75, 3.05) is 23.8 Å². The molecular formula is C36H46N4O2S. The summed E-state index contributed by atoms with van der Waals surface area (Å²) in [6, 6.07) is 24.6. The molecule has 0 spiro atoms. The van der Waals surface area contributed by atoms with E-state index in [9.17, 15) is 5.11 Å². The van der Waals surface area contributed by atoms with Crippen molar-refractivity contribution in [2.24, 2.45) is 5.41 Å². The molecule has 1 unspecified atom stereocenters. The second-order valence-corrected chi connectivity index (χ2v) is 13.7. The lowest BCUT2D eigenvalue weighted by molar-refractivity contribution is 0.0786. The Kier molecular flexibility index (Phi) is 10.1. The van der Waals surface area contributed by atoms with E-state index in [4.69, 9.17) is 10.5 Å². The number of rotatable bonds is 11. The molecule has 0 aliphatic rings. The molecule has 4 rings (SSSR count). The molecule has 1 aromatic heterocycles. The lowest BCUT2D eigenvalue weighted by atomic mass is 9.87. The van der Waals surface area contributed by atoms with Crippen LogP contribution in [0.2, 0.25) is 0 Å². The summed E-state index contributed by atoms with van der Waals surface area (Å²) in [5.41, 5.74) is 12.6. The van der Waals surface area contributed by atoms with Crippen LogP contribution in [-0.4, -0.2) is 34.3 Å². The zero-order valence-corrected chi connectivity index (χ0v) is 27.5. The Morgan fingerprint density at radius 3 is 2.16 bits per heavy atom. The number of benzene rings is 3. The highest BCUT2D eigenvalue weighted by molar-refractivity contribution is 7.80. The molecular weight excluding hydrogens is 552 g/mol. The van der Waals surface area contributed by atoms with Gasteiger partial charge in [0.2, 0.25) is 11.8 Å². The number of nitrogens with two attached hydrogens (primary N) is 1. The highest BCUT2D eigenvalue weighted by atomic mass is 32.1. The number of aromatic nitrogens is 2. The van der Waals surface area contributed by atoms with Crippen molar-refractivity contribution in [3.05, 3.63) is 95.1 Å². The molecule has 3 N–H and O–H groups in total. The number of hydrogen-bond donors (Lipinski definition) is 3. The van der Waals surface area contributed by atoms with Gasteiger partial charge in [0.05, 0.1) is 17.3 Å². The number of nitrogens with zero attached hydrogens (tertiary/aromatic N) is 3. The molecule has 1 heterocycles. The maximum atomic E-state index is 10.4. The van der Waals surface area contributed by atoms with E-state index in [1.165, 1.54) is 5.56 Å². The van der Waals surface area contributed by atoms with Crippen LogP contribution in [0.5, 0.6) is 5.88 Å². The van der Waals surface area contributed by atoms with Gasteiger partial charge in [0.25, 0.3) is 0 Å². The first-order chi connectivity index (χ1) is 20.2. The molecule has 228 valence electrons. The van der Waals surface area contributed by atoms with Gasteiger partial charge in [-0.1, -0.05) is 69.3 Å². The number of nitrogen functional groups attached to an aromatic ring is 1. The van der Waals surface area contributed by atoms with Gasteiger partial charge in [0.15, 0.2) is 0 Å². The average molecular weight is 599 g/mol. The maximum absolute atomic E-state index is 10.4. The third-order valence-corrected chi connectivity index (χ3v) is 7.91. The minimum atomic E-state index is -0.866. The Morgan fingerprint density at radius 1 is 0.907 bits per heavy atom. The van der Waals surface area contributed by atoms with Crippen molar-refractivity contribution in [3.63, 3.8) is 0 Å². The molecule has 0 saturated heterocycles. The quantitative estimate of drug-likeness (QED) is 0.153. The second-order valence-electron chi connectivity index (χ2n) is 13.2. The van der Waals surface area contributed by atoms with Gasteiger partial charge in [-0.3, -0.25) is 0 Å². The summed E-state index contributed by atoms with van der Waals surface area (Å²) in [5.74, 6) is 0.658. The van der Waals surface area contributed by atoms with E-state index in [0.29, 0.717) is 12.5 Å². The van der Waals surface area contributed by atoms with Crippen molar-refractivity contribution < 1.29 is 9.84 Å². The second kappa shape index (κ2) is 13.4. The average Bonchev–Trinajstić information content (AvgIpc) is 2.90. The highest BCUT2D eigenvalue weighted by Gasteiger charge is 2.27. The minimum Gasteiger partial charge on any atom is -0.475 e. The smallest absolute Gasteiger partial charge is 0.223 e. The van der Waals surface area contributed by atoms with Crippen molar-refractivity contribution in [1.82, 2.24) is 9.97 Å². The first kappa shape index (κ1) is 32.4. The maximum Gasteiger partial charge on any atom is 0.223 e. The predicted octanol–water partition coefficient (Wildman–Crippen LogP) is 7.79. The molecule has 3 aromatic carbocycles. The summed E-state index contributed by atoms with van der Waals surface area (Å²) in [6.07, 6.45) is 1.73. The SMILES string of the molecule is Cc1cccc(C)c1-c1cc(OCC(CC(C)(C)C)N(CCc2ccc(C(C)(C)O)cc2)c2cccc(S)c2)nc(N)n1. The van der Waals surface area contributed by atoms with Gasteiger partial charge in [-0.2, -0.15) is 4.98 Å². The normalized spacial score (nSPS) is 12.7. The summed E-state index contributed by atoms with van der Waals surface area (Å²) in [5, 5.41) is 10.4. The predicted molar refractivity (Wildman–Crippen MR) is 181 cm³/mol.